The number of hydrogen-bond donors (Lipinski definition) is 2. The van der Waals surface area contributed by atoms with Crippen LogP contribution in [0.15, 0.2) is 29.2 Å². The molecule has 2 aliphatic heterocycles. The third-order valence-corrected chi connectivity index (χ3v) is 7.06. The van der Waals surface area contributed by atoms with Crippen LogP contribution in [0.25, 0.3) is 0 Å². The molecule has 2 bridgehead atoms. The average molecular weight is 428 g/mol. The van der Waals surface area contributed by atoms with Crippen molar-refractivity contribution in [1.82, 2.24) is 14.8 Å². The van der Waals surface area contributed by atoms with Gasteiger partial charge in [-0.3, -0.25) is 14.4 Å². The molecule has 5 rings (SSSR count). The number of nitrogens with one attached hydrogen (secondary N) is 1. The first kappa shape index (κ1) is 19.2. The Kier molecular flexibility index (Phi) is 4.39. The topological polar surface area (TPSA) is 91.6 Å². The summed E-state index contributed by atoms with van der Waals surface area (Å²) in [6, 6.07) is 5.76. The summed E-state index contributed by atoms with van der Waals surface area (Å²) in [5, 5.41) is 13.7. The first-order chi connectivity index (χ1) is 14.3. The van der Waals surface area contributed by atoms with Gasteiger partial charge in [-0.2, -0.15) is 0 Å². The minimum atomic E-state index is -0.829. The van der Waals surface area contributed by atoms with Crippen LogP contribution in [0, 0.1) is 12.8 Å². The van der Waals surface area contributed by atoms with Crippen LogP contribution < -0.4 is 10.7 Å². The molecule has 156 valence electrons. The number of halogens is 1. The van der Waals surface area contributed by atoms with Gasteiger partial charge in [-0.25, -0.2) is 0 Å². The maximum atomic E-state index is 13.0. The zero-order valence-corrected chi connectivity index (χ0v) is 17.3. The number of amides is 2. The Bertz CT molecular complexity index is 1140. The Morgan fingerprint density at radius 2 is 2.10 bits per heavy atom. The Morgan fingerprint density at radius 3 is 2.87 bits per heavy atom. The van der Waals surface area contributed by atoms with Gasteiger partial charge in [0.1, 0.15) is 5.56 Å². The van der Waals surface area contributed by atoms with Gasteiger partial charge in [-0.15, -0.1) is 0 Å². The first-order valence-corrected chi connectivity index (χ1v) is 10.5. The molecule has 3 heterocycles. The van der Waals surface area contributed by atoms with Gasteiger partial charge in [0, 0.05) is 30.4 Å². The highest BCUT2D eigenvalue weighted by atomic mass is 35.5. The van der Waals surface area contributed by atoms with Crippen molar-refractivity contribution in [1.29, 1.82) is 0 Å². The van der Waals surface area contributed by atoms with Gasteiger partial charge in [-0.1, -0.05) is 23.7 Å². The predicted octanol–water partition coefficient (Wildman–Crippen LogP) is 2.45. The maximum Gasteiger partial charge on any atom is 0.275 e. The maximum absolute atomic E-state index is 13.0. The molecule has 3 aliphatic rings. The molecule has 7 nitrogen and oxygen atoms in total. The molecule has 1 aromatic heterocycles. The number of hydrogen-bond acceptors (Lipinski definition) is 4. The zero-order chi connectivity index (χ0) is 21.2. The largest absolute Gasteiger partial charge is 0.503 e. The molecule has 8 heteroatoms. The zero-order valence-electron chi connectivity index (χ0n) is 16.5. The summed E-state index contributed by atoms with van der Waals surface area (Å²) in [5.74, 6) is -1.13. The van der Waals surface area contributed by atoms with E-state index in [2.05, 4.69) is 5.32 Å². The lowest BCUT2D eigenvalue weighted by atomic mass is 9.95. The van der Waals surface area contributed by atoms with E-state index < -0.39 is 17.1 Å². The SMILES string of the molecule is Cc1ccc(CNC(=O)c2cn3c(c(O)c2=O)C(=O)N2[C@H]4CC[C@H](C4)[C@@H]2C3)c(Cl)c1. The van der Waals surface area contributed by atoms with Crippen molar-refractivity contribution >= 4 is 23.4 Å². The Morgan fingerprint density at radius 1 is 1.30 bits per heavy atom. The molecule has 1 saturated carbocycles. The molecule has 2 aromatic rings. The highest BCUT2D eigenvalue weighted by molar-refractivity contribution is 6.31. The molecular formula is C22H22ClN3O4. The van der Waals surface area contributed by atoms with Crippen LogP contribution >= 0.6 is 11.6 Å². The number of aryl methyl sites for hydroxylation is 1. The van der Waals surface area contributed by atoms with Crippen LogP contribution in [0.2, 0.25) is 5.02 Å². The molecule has 3 atom stereocenters. The predicted molar refractivity (Wildman–Crippen MR) is 111 cm³/mol. The van der Waals surface area contributed by atoms with Gasteiger partial charge < -0.3 is 19.9 Å². The van der Waals surface area contributed by atoms with E-state index in [1.54, 1.807) is 10.6 Å². The molecule has 1 aliphatic carbocycles. The van der Waals surface area contributed by atoms with Crippen LogP contribution in [-0.4, -0.2) is 38.5 Å². The molecule has 2 fully saturated rings. The first-order valence-electron chi connectivity index (χ1n) is 10.2. The average Bonchev–Trinajstić information content (AvgIpc) is 3.32. The fourth-order valence-corrected chi connectivity index (χ4v) is 5.52. The summed E-state index contributed by atoms with van der Waals surface area (Å²) >= 11 is 6.21. The molecule has 0 unspecified atom stereocenters. The van der Waals surface area contributed by atoms with E-state index in [-0.39, 0.29) is 35.8 Å². The molecule has 0 radical (unpaired) electrons. The summed E-state index contributed by atoms with van der Waals surface area (Å²) in [4.78, 5) is 40.2. The lowest BCUT2D eigenvalue weighted by Crippen LogP contribution is -2.52. The number of carbonyl (C=O) groups is 2. The molecule has 30 heavy (non-hydrogen) atoms. The number of pyridine rings is 1. The summed E-state index contributed by atoms with van der Waals surface area (Å²) in [6.07, 6.45) is 4.44. The molecule has 2 amide bonds. The minimum Gasteiger partial charge on any atom is -0.503 e. The van der Waals surface area contributed by atoms with Crippen LogP contribution in [-0.2, 0) is 13.1 Å². The van der Waals surface area contributed by atoms with Crippen molar-refractivity contribution < 1.29 is 14.7 Å². The summed E-state index contributed by atoms with van der Waals surface area (Å²) in [7, 11) is 0. The van der Waals surface area contributed by atoms with Gasteiger partial charge in [0.25, 0.3) is 11.8 Å². The lowest BCUT2D eigenvalue weighted by molar-refractivity contribution is 0.0482. The lowest BCUT2D eigenvalue weighted by Gasteiger charge is -2.40. The second-order valence-electron chi connectivity index (χ2n) is 8.51. The van der Waals surface area contributed by atoms with E-state index >= 15 is 0 Å². The summed E-state index contributed by atoms with van der Waals surface area (Å²) in [6.45, 7) is 2.56. The fraction of sp³-hybridized carbons (Fsp3) is 0.409. The van der Waals surface area contributed by atoms with Gasteiger partial charge in [0.05, 0.1) is 6.04 Å². The van der Waals surface area contributed by atoms with Crippen molar-refractivity contribution in [2.24, 2.45) is 5.92 Å². The van der Waals surface area contributed by atoms with Crippen molar-refractivity contribution in [2.45, 2.75) is 51.4 Å². The van der Waals surface area contributed by atoms with Crippen molar-refractivity contribution in [3.8, 4) is 5.75 Å². The molecule has 0 spiro atoms. The standard InChI is InChI=1S/C22H22ClN3O4/c1-11-2-3-13(16(23)6-11)8-24-21(29)15-9-25-10-17-12-4-5-14(7-12)26(17)22(30)18(25)20(28)19(15)27/h2-3,6,9,12,14,17,28H,4-5,7-8,10H2,1H3,(H,24,29)/t12-,14+,17+/m1/s1. The second-order valence-corrected chi connectivity index (χ2v) is 8.91. The van der Waals surface area contributed by atoms with Crippen LogP contribution in [0.1, 0.15) is 51.2 Å². The number of aromatic hydroxyl groups is 1. The van der Waals surface area contributed by atoms with Crippen molar-refractivity contribution in [2.75, 3.05) is 0 Å². The number of piperidine rings is 1. The second kappa shape index (κ2) is 6.87. The number of rotatable bonds is 3. The van der Waals surface area contributed by atoms with Gasteiger partial charge in [-0.05, 0) is 49.3 Å². The number of fused-ring (bicyclic) bond motifs is 6. The monoisotopic (exact) mass is 427 g/mol. The highest BCUT2D eigenvalue weighted by Gasteiger charge is 2.51. The fourth-order valence-electron chi connectivity index (χ4n) is 5.22. The Labute approximate surface area is 178 Å². The van der Waals surface area contributed by atoms with Gasteiger partial charge in [0.2, 0.25) is 5.43 Å². The van der Waals surface area contributed by atoms with E-state index in [4.69, 9.17) is 11.6 Å². The minimum absolute atomic E-state index is 0.0121. The molecule has 1 saturated heterocycles. The van der Waals surface area contributed by atoms with Crippen LogP contribution in [0.4, 0.5) is 0 Å². The Hall–Kier alpha value is -2.80. The number of benzene rings is 1. The van der Waals surface area contributed by atoms with Crippen LogP contribution in [0.3, 0.4) is 0 Å². The number of aromatic nitrogens is 1. The quantitative estimate of drug-likeness (QED) is 0.787. The normalized spacial score (nSPS) is 24.0. The van der Waals surface area contributed by atoms with Crippen LogP contribution in [0.5, 0.6) is 5.75 Å². The van der Waals surface area contributed by atoms with E-state index in [9.17, 15) is 19.5 Å². The van der Waals surface area contributed by atoms with Crippen molar-refractivity contribution in [3.05, 3.63) is 62.0 Å². The van der Waals surface area contributed by atoms with Gasteiger partial charge >= 0.3 is 0 Å². The highest BCUT2D eigenvalue weighted by Crippen LogP contribution is 2.45. The molecule has 2 N–H and O–H groups in total. The third-order valence-electron chi connectivity index (χ3n) is 6.71. The van der Waals surface area contributed by atoms with E-state index in [0.717, 1.165) is 30.4 Å². The van der Waals surface area contributed by atoms with Crippen molar-refractivity contribution in [3.63, 3.8) is 0 Å². The number of carbonyl (C=O) groups excluding carboxylic acids is 2. The smallest absolute Gasteiger partial charge is 0.275 e. The number of nitrogens with zero attached hydrogens (tertiary/aromatic N) is 2. The summed E-state index contributed by atoms with van der Waals surface area (Å²) < 4.78 is 1.58. The third kappa shape index (κ3) is 2.83. The molecule has 1 aromatic carbocycles. The van der Waals surface area contributed by atoms with E-state index in [1.165, 1.54) is 6.20 Å². The van der Waals surface area contributed by atoms with E-state index in [0.29, 0.717) is 17.5 Å². The van der Waals surface area contributed by atoms with Gasteiger partial charge in [0.15, 0.2) is 11.4 Å². The van der Waals surface area contributed by atoms with E-state index in [1.807, 2.05) is 24.0 Å². The summed E-state index contributed by atoms with van der Waals surface area (Å²) in [5.41, 5.74) is 0.716. The Balaban J connectivity index is 1.44. The molecular weight excluding hydrogens is 406 g/mol.